The molecule has 0 radical (unpaired) electrons. The molecule has 0 spiro atoms. The number of hydrogen-bond donors (Lipinski definition) is 0. The number of amides is 1. The van der Waals surface area contributed by atoms with E-state index >= 15 is 0 Å². The fourth-order valence-corrected chi connectivity index (χ4v) is 3.25. The third-order valence-electron chi connectivity index (χ3n) is 4.29. The van der Waals surface area contributed by atoms with Gasteiger partial charge in [0.1, 0.15) is 0 Å². The molecule has 1 aromatic rings. The quantitative estimate of drug-likeness (QED) is 0.830. The van der Waals surface area contributed by atoms with E-state index in [-0.39, 0.29) is 18.4 Å². The molecule has 1 unspecified atom stereocenters. The van der Waals surface area contributed by atoms with Gasteiger partial charge in [0, 0.05) is 31.1 Å². The zero-order valence-corrected chi connectivity index (χ0v) is 15.1. The minimum atomic E-state index is -3.34. The Bertz CT molecular complexity index is 646. The highest BCUT2D eigenvalue weighted by atomic mass is 35.5. The van der Waals surface area contributed by atoms with Crippen LogP contribution < -0.4 is 0 Å². The van der Waals surface area contributed by atoms with Gasteiger partial charge in [-0.25, -0.2) is 8.42 Å². The third-order valence-corrected chi connectivity index (χ3v) is 5.80. The molecule has 7 heteroatoms. The summed E-state index contributed by atoms with van der Waals surface area (Å²) in [7, 11) is -1.91. The van der Waals surface area contributed by atoms with Crippen molar-refractivity contribution >= 4 is 27.5 Å². The topological polar surface area (TPSA) is 57.7 Å². The maximum Gasteiger partial charge on any atom is 0.237 e. The molecule has 1 heterocycles. The highest BCUT2D eigenvalue weighted by Gasteiger charge is 2.25. The standard InChI is InChI=1S/C16H23ClN2O3S/c1-18(23(2,21)22)12-16(20)19-10-4-3-5-14(11-19)13-6-8-15(17)9-7-13/h6-9,14H,3-5,10-12H2,1-2H3. The van der Waals surface area contributed by atoms with Gasteiger partial charge in [0.25, 0.3) is 0 Å². The predicted molar refractivity (Wildman–Crippen MR) is 92.1 cm³/mol. The average Bonchev–Trinajstić information content (AvgIpc) is 2.73. The van der Waals surface area contributed by atoms with Crippen LogP contribution in [0.3, 0.4) is 0 Å². The van der Waals surface area contributed by atoms with E-state index in [1.54, 1.807) is 4.90 Å². The molecule has 128 valence electrons. The Morgan fingerprint density at radius 2 is 1.96 bits per heavy atom. The van der Waals surface area contributed by atoms with Gasteiger partial charge < -0.3 is 4.90 Å². The van der Waals surface area contributed by atoms with Crippen LogP contribution >= 0.6 is 11.6 Å². The van der Waals surface area contributed by atoms with Gasteiger partial charge in [-0.1, -0.05) is 30.2 Å². The smallest absolute Gasteiger partial charge is 0.237 e. The molecule has 2 rings (SSSR count). The normalized spacial score (nSPS) is 19.7. The summed E-state index contributed by atoms with van der Waals surface area (Å²) in [5.41, 5.74) is 1.17. The van der Waals surface area contributed by atoms with Crippen molar-refractivity contribution in [2.24, 2.45) is 0 Å². The van der Waals surface area contributed by atoms with Crippen molar-refractivity contribution in [1.82, 2.24) is 9.21 Å². The first-order chi connectivity index (χ1) is 10.8. The molecule has 1 atom stereocenters. The Morgan fingerprint density at radius 3 is 2.57 bits per heavy atom. The number of carbonyl (C=O) groups excluding carboxylic acids is 1. The Morgan fingerprint density at radius 1 is 1.30 bits per heavy atom. The number of carbonyl (C=O) groups is 1. The van der Waals surface area contributed by atoms with Crippen LogP contribution in [0.2, 0.25) is 5.02 Å². The van der Waals surface area contributed by atoms with Crippen LogP contribution in [0.1, 0.15) is 30.7 Å². The first-order valence-electron chi connectivity index (χ1n) is 7.72. The summed E-state index contributed by atoms with van der Waals surface area (Å²) < 4.78 is 24.1. The van der Waals surface area contributed by atoms with E-state index in [0.29, 0.717) is 18.1 Å². The fourth-order valence-electron chi connectivity index (χ4n) is 2.78. The van der Waals surface area contributed by atoms with E-state index in [4.69, 9.17) is 11.6 Å². The average molecular weight is 359 g/mol. The fraction of sp³-hybridized carbons (Fsp3) is 0.562. The minimum Gasteiger partial charge on any atom is -0.341 e. The lowest BCUT2D eigenvalue weighted by atomic mass is 9.94. The largest absolute Gasteiger partial charge is 0.341 e. The Balaban J connectivity index is 2.07. The summed E-state index contributed by atoms with van der Waals surface area (Å²) in [6, 6.07) is 7.74. The van der Waals surface area contributed by atoms with E-state index in [1.165, 1.54) is 12.6 Å². The van der Waals surface area contributed by atoms with E-state index < -0.39 is 10.0 Å². The molecule has 1 aliphatic rings. The Kier molecular flexibility index (Phi) is 6.06. The van der Waals surface area contributed by atoms with Gasteiger partial charge in [0.2, 0.25) is 15.9 Å². The maximum absolute atomic E-state index is 12.4. The second kappa shape index (κ2) is 7.64. The second-order valence-corrected chi connectivity index (χ2v) is 8.63. The first-order valence-corrected chi connectivity index (χ1v) is 9.94. The van der Waals surface area contributed by atoms with Gasteiger partial charge in [-0.05, 0) is 30.5 Å². The summed E-state index contributed by atoms with van der Waals surface area (Å²) in [5.74, 6) is 0.126. The van der Waals surface area contributed by atoms with Crippen LogP contribution in [0.25, 0.3) is 0 Å². The number of likely N-dealkylation sites (tertiary alicyclic amines) is 1. The molecule has 1 aromatic carbocycles. The molecule has 5 nitrogen and oxygen atoms in total. The molecular formula is C16H23ClN2O3S. The maximum atomic E-state index is 12.4. The minimum absolute atomic E-state index is 0.105. The summed E-state index contributed by atoms with van der Waals surface area (Å²) in [6.45, 7) is 1.20. The monoisotopic (exact) mass is 358 g/mol. The third kappa shape index (κ3) is 5.19. The molecule has 1 saturated heterocycles. The lowest BCUT2D eigenvalue weighted by molar-refractivity contribution is -0.131. The van der Waals surface area contributed by atoms with Crippen LogP contribution in [0.5, 0.6) is 0 Å². The second-order valence-electron chi connectivity index (χ2n) is 6.10. The lowest BCUT2D eigenvalue weighted by Gasteiger charge is -2.26. The van der Waals surface area contributed by atoms with E-state index in [0.717, 1.165) is 29.8 Å². The molecule has 0 bridgehead atoms. The molecule has 1 aliphatic heterocycles. The van der Waals surface area contributed by atoms with Gasteiger partial charge in [-0.15, -0.1) is 0 Å². The van der Waals surface area contributed by atoms with Gasteiger partial charge in [-0.3, -0.25) is 4.79 Å². The van der Waals surface area contributed by atoms with Crippen LogP contribution in [0.4, 0.5) is 0 Å². The molecule has 1 amide bonds. The number of hydrogen-bond acceptors (Lipinski definition) is 3. The van der Waals surface area contributed by atoms with E-state index in [1.807, 2.05) is 24.3 Å². The first kappa shape index (κ1) is 18.2. The van der Waals surface area contributed by atoms with Crippen LogP contribution in [-0.4, -0.2) is 56.5 Å². The highest BCUT2D eigenvalue weighted by Crippen LogP contribution is 2.27. The van der Waals surface area contributed by atoms with Crippen molar-refractivity contribution in [3.05, 3.63) is 34.9 Å². The Labute approximate surface area is 143 Å². The van der Waals surface area contributed by atoms with Gasteiger partial charge in [0.15, 0.2) is 0 Å². The molecule has 0 aliphatic carbocycles. The van der Waals surface area contributed by atoms with Crippen molar-refractivity contribution < 1.29 is 13.2 Å². The summed E-state index contributed by atoms with van der Waals surface area (Å²) >= 11 is 5.94. The van der Waals surface area contributed by atoms with Crippen molar-refractivity contribution in [2.45, 2.75) is 25.2 Å². The van der Waals surface area contributed by atoms with E-state index in [2.05, 4.69) is 0 Å². The number of sulfonamides is 1. The van der Waals surface area contributed by atoms with Crippen LogP contribution in [0.15, 0.2) is 24.3 Å². The molecule has 0 saturated carbocycles. The van der Waals surface area contributed by atoms with Crippen LogP contribution in [0, 0.1) is 0 Å². The van der Waals surface area contributed by atoms with Crippen molar-refractivity contribution in [2.75, 3.05) is 32.9 Å². The number of benzene rings is 1. The zero-order chi connectivity index (χ0) is 17.0. The molecular weight excluding hydrogens is 336 g/mol. The van der Waals surface area contributed by atoms with Gasteiger partial charge in [0.05, 0.1) is 12.8 Å². The summed E-state index contributed by atoms with van der Waals surface area (Å²) in [6.07, 6.45) is 4.13. The molecule has 23 heavy (non-hydrogen) atoms. The van der Waals surface area contributed by atoms with Crippen molar-refractivity contribution in [1.29, 1.82) is 0 Å². The van der Waals surface area contributed by atoms with Gasteiger partial charge in [-0.2, -0.15) is 4.31 Å². The molecule has 0 N–H and O–H groups in total. The van der Waals surface area contributed by atoms with Gasteiger partial charge >= 0.3 is 0 Å². The summed E-state index contributed by atoms with van der Waals surface area (Å²) in [4.78, 5) is 14.2. The SMILES string of the molecule is CN(CC(=O)N1CCCCC(c2ccc(Cl)cc2)C1)S(C)(=O)=O. The Hall–Kier alpha value is -1.11. The molecule has 0 aromatic heterocycles. The number of nitrogens with zero attached hydrogens (tertiary/aromatic N) is 2. The van der Waals surface area contributed by atoms with Crippen LogP contribution in [-0.2, 0) is 14.8 Å². The van der Waals surface area contributed by atoms with E-state index in [9.17, 15) is 13.2 Å². The number of likely N-dealkylation sites (N-methyl/N-ethyl adjacent to an activating group) is 1. The lowest BCUT2D eigenvalue weighted by Crippen LogP contribution is -2.42. The predicted octanol–water partition coefficient (Wildman–Crippen LogP) is 2.33. The number of rotatable bonds is 4. The highest BCUT2D eigenvalue weighted by molar-refractivity contribution is 7.88. The number of halogens is 1. The van der Waals surface area contributed by atoms with Crippen molar-refractivity contribution in [3.8, 4) is 0 Å². The zero-order valence-electron chi connectivity index (χ0n) is 13.5. The van der Waals surface area contributed by atoms with Crippen molar-refractivity contribution in [3.63, 3.8) is 0 Å². The molecule has 1 fully saturated rings. The summed E-state index contributed by atoms with van der Waals surface area (Å²) in [5, 5.41) is 0.699.